The summed E-state index contributed by atoms with van der Waals surface area (Å²) in [5.41, 5.74) is 0. The van der Waals surface area contributed by atoms with Gasteiger partial charge in [0.2, 0.25) is 0 Å². The first-order chi connectivity index (χ1) is 30.5. The third kappa shape index (κ3) is 48.9. The molecule has 364 valence electrons. The van der Waals surface area contributed by atoms with Crippen LogP contribution in [-0.2, 0) is 28.6 Å². The van der Waals surface area contributed by atoms with E-state index in [-0.39, 0.29) is 31.1 Å². The van der Waals surface area contributed by atoms with E-state index in [4.69, 9.17) is 14.2 Å². The van der Waals surface area contributed by atoms with Crippen molar-refractivity contribution in [3.63, 3.8) is 0 Å². The Morgan fingerprint density at radius 2 is 0.532 bits per heavy atom. The van der Waals surface area contributed by atoms with Crippen molar-refractivity contribution in [3.8, 4) is 0 Å². The fourth-order valence-electron chi connectivity index (χ4n) is 8.02. The van der Waals surface area contributed by atoms with Crippen LogP contribution in [0, 0.1) is 0 Å². The van der Waals surface area contributed by atoms with E-state index in [9.17, 15) is 14.4 Å². The van der Waals surface area contributed by atoms with E-state index in [1.54, 1.807) is 0 Å². The van der Waals surface area contributed by atoms with Crippen molar-refractivity contribution in [2.24, 2.45) is 0 Å². The highest BCUT2D eigenvalue weighted by molar-refractivity contribution is 5.71. The standard InChI is InChI=1S/C56H104O6/c1-4-7-10-13-16-19-22-25-27-28-30-32-35-37-40-43-46-49-55(58)61-52-53(62-56(59)50-47-44-41-38-33-24-21-18-15-12-9-6-3)51-60-54(57)48-45-42-39-36-34-31-29-26-23-20-17-14-11-8-5-2/h25-27,29,53H,4-24,28,30-52H2,1-3H3/b27-25-,29-26-/t53-/m0/s1. The maximum absolute atomic E-state index is 12.8. The molecule has 0 aromatic rings. The zero-order chi connectivity index (χ0) is 45.1. The van der Waals surface area contributed by atoms with Gasteiger partial charge in [0.1, 0.15) is 13.2 Å². The summed E-state index contributed by atoms with van der Waals surface area (Å²) in [6, 6.07) is 0. The van der Waals surface area contributed by atoms with Crippen LogP contribution in [0.2, 0.25) is 0 Å². The highest BCUT2D eigenvalue weighted by Gasteiger charge is 2.19. The molecule has 1 atom stereocenters. The van der Waals surface area contributed by atoms with Crippen molar-refractivity contribution in [1.29, 1.82) is 0 Å². The fourth-order valence-corrected chi connectivity index (χ4v) is 8.02. The van der Waals surface area contributed by atoms with Crippen molar-refractivity contribution in [2.45, 2.75) is 303 Å². The van der Waals surface area contributed by atoms with Gasteiger partial charge in [0, 0.05) is 19.3 Å². The Bertz CT molecular complexity index is 1000. The molecule has 6 nitrogen and oxygen atoms in total. The lowest BCUT2D eigenvalue weighted by Crippen LogP contribution is -2.30. The molecule has 0 radical (unpaired) electrons. The molecule has 0 N–H and O–H groups in total. The molecule has 0 aromatic carbocycles. The predicted octanol–water partition coefficient (Wildman–Crippen LogP) is 17.9. The Labute approximate surface area is 385 Å². The quantitative estimate of drug-likeness (QED) is 0.0262. The van der Waals surface area contributed by atoms with Gasteiger partial charge in [-0.15, -0.1) is 0 Å². The number of unbranched alkanes of at least 4 members (excludes halogenated alkanes) is 35. The summed E-state index contributed by atoms with van der Waals surface area (Å²) in [6.07, 6.45) is 58.7. The van der Waals surface area contributed by atoms with Crippen LogP contribution in [0.3, 0.4) is 0 Å². The van der Waals surface area contributed by atoms with E-state index in [0.717, 1.165) is 64.2 Å². The summed E-state index contributed by atoms with van der Waals surface area (Å²) < 4.78 is 16.8. The molecule has 0 fully saturated rings. The molecule has 62 heavy (non-hydrogen) atoms. The Morgan fingerprint density at radius 1 is 0.306 bits per heavy atom. The maximum atomic E-state index is 12.8. The zero-order valence-corrected chi connectivity index (χ0v) is 41.7. The molecular formula is C56H104O6. The smallest absolute Gasteiger partial charge is 0.306 e. The van der Waals surface area contributed by atoms with Crippen LogP contribution in [0.4, 0.5) is 0 Å². The highest BCUT2D eigenvalue weighted by atomic mass is 16.6. The van der Waals surface area contributed by atoms with Gasteiger partial charge in [-0.2, -0.15) is 0 Å². The van der Waals surface area contributed by atoms with Crippen LogP contribution < -0.4 is 0 Å². The molecule has 0 saturated heterocycles. The molecule has 0 bridgehead atoms. The molecule has 0 saturated carbocycles. The lowest BCUT2D eigenvalue weighted by molar-refractivity contribution is -0.167. The summed E-state index contributed by atoms with van der Waals surface area (Å²) in [6.45, 7) is 6.65. The van der Waals surface area contributed by atoms with E-state index in [2.05, 4.69) is 45.1 Å². The molecule has 0 aromatic heterocycles. The SMILES string of the molecule is CCCCCCCC/C=C\CCCCCCCCCC(=O)OC[C@H](COC(=O)CCCCCCC/C=C\CCCCCCCC)OC(=O)CCCCCCCCCCCCCC. The second-order valence-corrected chi connectivity index (χ2v) is 18.5. The van der Waals surface area contributed by atoms with Gasteiger partial charge in [-0.05, 0) is 70.6 Å². The first kappa shape index (κ1) is 59.9. The van der Waals surface area contributed by atoms with Crippen LogP contribution in [-0.4, -0.2) is 37.2 Å². The van der Waals surface area contributed by atoms with Gasteiger partial charge in [-0.25, -0.2) is 0 Å². The highest BCUT2D eigenvalue weighted by Crippen LogP contribution is 2.16. The third-order valence-corrected chi connectivity index (χ3v) is 12.2. The lowest BCUT2D eigenvalue weighted by atomic mass is 10.0. The largest absolute Gasteiger partial charge is 0.462 e. The molecular weight excluding hydrogens is 769 g/mol. The summed E-state index contributed by atoms with van der Waals surface area (Å²) in [7, 11) is 0. The van der Waals surface area contributed by atoms with Crippen LogP contribution in [0.1, 0.15) is 297 Å². The summed E-state index contributed by atoms with van der Waals surface area (Å²) in [4.78, 5) is 38.0. The summed E-state index contributed by atoms with van der Waals surface area (Å²) >= 11 is 0. The van der Waals surface area contributed by atoms with Gasteiger partial charge >= 0.3 is 17.9 Å². The van der Waals surface area contributed by atoms with Gasteiger partial charge in [-0.3, -0.25) is 14.4 Å². The van der Waals surface area contributed by atoms with Crippen molar-refractivity contribution in [1.82, 2.24) is 0 Å². The Hall–Kier alpha value is -2.11. The topological polar surface area (TPSA) is 78.9 Å². The Kier molecular flexibility index (Phi) is 49.8. The molecule has 0 aliphatic carbocycles. The number of hydrogen-bond donors (Lipinski definition) is 0. The molecule has 6 heteroatoms. The predicted molar refractivity (Wildman–Crippen MR) is 266 cm³/mol. The van der Waals surface area contributed by atoms with Crippen molar-refractivity contribution < 1.29 is 28.6 Å². The number of allylic oxidation sites excluding steroid dienone is 4. The minimum atomic E-state index is -0.771. The third-order valence-electron chi connectivity index (χ3n) is 12.2. The second kappa shape index (κ2) is 51.5. The van der Waals surface area contributed by atoms with Gasteiger partial charge in [0.15, 0.2) is 6.10 Å². The summed E-state index contributed by atoms with van der Waals surface area (Å²) in [5.74, 6) is -0.870. The minimum Gasteiger partial charge on any atom is -0.462 e. The van der Waals surface area contributed by atoms with Gasteiger partial charge < -0.3 is 14.2 Å². The molecule has 0 amide bonds. The monoisotopic (exact) mass is 873 g/mol. The average molecular weight is 873 g/mol. The van der Waals surface area contributed by atoms with Crippen LogP contribution >= 0.6 is 0 Å². The van der Waals surface area contributed by atoms with Gasteiger partial charge in [0.05, 0.1) is 0 Å². The molecule has 0 rings (SSSR count). The average Bonchev–Trinajstić information content (AvgIpc) is 3.27. The molecule has 0 spiro atoms. The van der Waals surface area contributed by atoms with Crippen LogP contribution in [0.15, 0.2) is 24.3 Å². The van der Waals surface area contributed by atoms with Gasteiger partial charge in [-0.1, -0.05) is 231 Å². The van der Waals surface area contributed by atoms with Crippen LogP contribution in [0.5, 0.6) is 0 Å². The Balaban J connectivity index is 4.33. The normalized spacial score (nSPS) is 12.1. The first-order valence-corrected chi connectivity index (χ1v) is 27.3. The van der Waals surface area contributed by atoms with Gasteiger partial charge in [0.25, 0.3) is 0 Å². The second-order valence-electron chi connectivity index (χ2n) is 18.5. The number of esters is 3. The number of ether oxygens (including phenoxy) is 3. The van der Waals surface area contributed by atoms with E-state index < -0.39 is 6.10 Å². The maximum Gasteiger partial charge on any atom is 0.306 e. The zero-order valence-electron chi connectivity index (χ0n) is 41.7. The number of hydrogen-bond acceptors (Lipinski definition) is 6. The van der Waals surface area contributed by atoms with Crippen LogP contribution in [0.25, 0.3) is 0 Å². The van der Waals surface area contributed by atoms with Crippen molar-refractivity contribution in [3.05, 3.63) is 24.3 Å². The van der Waals surface area contributed by atoms with Crippen molar-refractivity contribution >= 4 is 17.9 Å². The number of rotatable bonds is 50. The lowest BCUT2D eigenvalue weighted by Gasteiger charge is -2.18. The van der Waals surface area contributed by atoms with E-state index >= 15 is 0 Å². The first-order valence-electron chi connectivity index (χ1n) is 27.3. The molecule has 0 aliphatic rings. The minimum absolute atomic E-state index is 0.0723. The van der Waals surface area contributed by atoms with E-state index in [1.807, 2.05) is 0 Å². The van der Waals surface area contributed by atoms with E-state index in [0.29, 0.717) is 19.3 Å². The molecule has 0 aliphatic heterocycles. The molecule has 0 heterocycles. The Morgan fingerprint density at radius 3 is 0.806 bits per heavy atom. The fraction of sp³-hybridized carbons (Fsp3) is 0.875. The summed E-state index contributed by atoms with van der Waals surface area (Å²) in [5, 5.41) is 0. The molecule has 0 unspecified atom stereocenters. The van der Waals surface area contributed by atoms with Crippen molar-refractivity contribution in [2.75, 3.05) is 13.2 Å². The number of carbonyl (C=O) groups excluding carboxylic acids is 3. The van der Waals surface area contributed by atoms with E-state index in [1.165, 1.54) is 193 Å². The number of carbonyl (C=O) groups is 3.